The summed E-state index contributed by atoms with van der Waals surface area (Å²) in [7, 11) is 4.86. The van der Waals surface area contributed by atoms with Crippen molar-refractivity contribution in [3.05, 3.63) is 0 Å². The van der Waals surface area contributed by atoms with Gasteiger partial charge in [0.05, 0.1) is 39.6 Å². The standard InChI is InChI=1S/C7H16O3.C6H14O3.2C3H6O2.8H2/c1-4-10-6-7(9-3)5-8-2;1-3-9-5-6(4-7)8-2;2*1-2-5-3-4;;;;;;;;/h7H,4-6H2,1-3H3;6-7H,3-5H2,1-2H3;2*3H,2H2,1H3;8*1H. The van der Waals surface area contributed by atoms with Crippen molar-refractivity contribution in [2.45, 2.75) is 39.9 Å². The first-order valence-electron chi connectivity index (χ1n) is 9.44. The zero-order valence-electron chi connectivity index (χ0n) is 19.1. The Morgan fingerprint density at radius 1 is 0.724 bits per heavy atom. The molecule has 0 aliphatic rings. The van der Waals surface area contributed by atoms with Gasteiger partial charge < -0.3 is 38.3 Å². The molecule has 10 heteroatoms. The van der Waals surface area contributed by atoms with Gasteiger partial charge in [-0.25, -0.2) is 0 Å². The summed E-state index contributed by atoms with van der Waals surface area (Å²) in [6.07, 6.45) is -0.0881. The van der Waals surface area contributed by atoms with Crippen molar-refractivity contribution in [3.8, 4) is 0 Å². The fourth-order valence-electron chi connectivity index (χ4n) is 1.20. The Labute approximate surface area is 187 Å². The van der Waals surface area contributed by atoms with Gasteiger partial charge in [0.1, 0.15) is 12.2 Å². The summed E-state index contributed by atoms with van der Waals surface area (Å²) in [6.45, 7) is 12.3. The van der Waals surface area contributed by atoms with Crippen molar-refractivity contribution in [2.75, 3.05) is 74.2 Å². The van der Waals surface area contributed by atoms with Crippen LogP contribution >= 0.6 is 0 Å². The van der Waals surface area contributed by atoms with Gasteiger partial charge in [-0.2, -0.15) is 0 Å². The zero-order chi connectivity index (χ0) is 23.2. The summed E-state index contributed by atoms with van der Waals surface area (Å²) < 4.78 is 33.2. The van der Waals surface area contributed by atoms with Gasteiger partial charge in [0.2, 0.25) is 0 Å². The van der Waals surface area contributed by atoms with Crippen LogP contribution in [0.2, 0.25) is 0 Å². The number of carbonyl (C=O) groups is 2. The molecule has 0 spiro atoms. The maximum atomic E-state index is 9.18. The molecule has 0 amide bonds. The SMILES string of the molecule is CCOC=O.CCOC=O.CCOCC(CO)OC.CCOCC(COC)OC.[HH].[HH].[HH].[HH].[HH].[HH].[HH].[HH]. The zero-order valence-corrected chi connectivity index (χ0v) is 19.1. The first-order chi connectivity index (χ1) is 14.0. The predicted octanol–water partition coefficient (Wildman–Crippen LogP) is 3.04. The van der Waals surface area contributed by atoms with Crippen molar-refractivity contribution in [1.82, 2.24) is 0 Å². The molecule has 194 valence electrons. The van der Waals surface area contributed by atoms with Crippen LogP contribution in [0.1, 0.15) is 39.1 Å². The number of hydrogen-bond donors (Lipinski definition) is 1. The molecule has 0 bridgehead atoms. The van der Waals surface area contributed by atoms with Crippen molar-refractivity contribution in [3.63, 3.8) is 0 Å². The Balaban J connectivity index is -0.0000000217. The van der Waals surface area contributed by atoms with E-state index in [0.717, 1.165) is 6.61 Å². The molecule has 0 aliphatic heterocycles. The molecule has 0 fully saturated rings. The molecule has 0 saturated heterocycles. The molecule has 0 aliphatic carbocycles. The second kappa shape index (κ2) is 37.5. The summed E-state index contributed by atoms with van der Waals surface area (Å²) in [5.41, 5.74) is 0. The molecule has 0 heterocycles. The van der Waals surface area contributed by atoms with Crippen LogP contribution < -0.4 is 0 Å². The van der Waals surface area contributed by atoms with E-state index in [1.165, 1.54) is 0 Å². The van der Waals surface area contributed by atoms with Gasteiger partial charge in [-0.3, -0.25) is 9.59 Å². The minimum absolute atomic E-state index is 0. The highest BCUT2D eigenvalue weighted by atomic mass is 16.6. The number of aliphatic hydroxyl groups excluding tert-OH is 1. The monoisotopic (exact) mass is 446 g/mol. The summed E-state index contributed by atoms with van der Waals surface area (Å²) >= 11 is 0. The lowest BCUT2D eigenvalue weighted by molar-refractivity contribution is -0.129. The van der Waals surface area contributed by atoms with Crippen molar-refractivity contribution >= 4 is 12.9 Å². The van der Waals surface area contributed by atoms with Crippen LogP contribution in [-0.2, 0) is 42.7 Å². The van der Waals surface area contributed by atoms with Gasteiger partial charge in [0.15, 0.2) is 0 Å². The van der Waals surface area contributed by atoms with Gasteiger partial charge >= 0.3 is 0 Å². The number of hydrogen-bond acceptors (Lipinski definition) is 10. The average Bonchev–Trinajstić information content (AvgIpc) is 2.74. The van der Waals surface area contributed by atoms with Gasteiger partial charge in [0, 0.05) is 46.0 Å². The van der Waals surface area contributed by atoms with E-state index in [1.807, 2.05) is 13.8 Å². The molecule has 0 saturated carbocycles. The molecule has 0 aromatic heterocycles. The van der Waals surface area contributed by atoms with Crippen LogP contribution in [-0.4, -0.2) is 104 Å². The minimum Gasteiger partial charge on any atom is -0.468 e. The van der Waals surface area contributed by atoms with Crippen molar-refractivity contribution < 1.29 is 59.3 Å². The highest BCUT2D eigenvalue weighted by Crippen LogP contribution is 1.91. The van der Waals surface area contributed by atoms with E-state index < -0.39 is 0 Å². The first kappa shape index (κ1) is 35.2. The molecule has 10 nitrogen and oxygen atoms in total. The third kappa shape index (κ3) is 42.0. The highest BCUT2D eigenvalue weighted by molar-refractivity contribution is 5.36. The Kier molecular flexibility index (Phi) is 45.4. The van der Waals surface area contributed by atoms with Crippen molar-refractivity contribution in [1.29, 1.82) is 0 Å². The van der Waals surface area contributed by atoms with Gasteiger partial charge in [-0.15, -0.1) is 0 Å². The van der Waals surface area contributed by atoms with E-state index >= 15 is 0 Å². The van der Waals surface area contributed by atoms with E-state index in [1.54, 1.807) is 35.2 Å². The maximum absolute atomic E-state index is 9.18. The Morgan fingerprint density at radius 3 is 1.34 bits per heavy atom. The average molecular weight is 447 g/mol. The van der Waals surface area contributed by atoms with Crippen LogP contribution in [0.5, 0.6) is 0 Å². The molecule has 0 rings (SSSR count). The third-order valence-corrected chi connectivity index (χ3v) is 2.71. The number of aliphatic hydroxyl groups is 1. The molecular formula is C19H58O10. The third-order valence-electron chi connectivity index (χ3n) is 2.71. The van der Waals surface area contributed by atoms with Crippen LogP contribution in [0.15, 0.2) is 0 Å². The molecule has 2 unspecified atom stereocenters. The van der Waals surface area contributed by atoms with E-state index in [9.17, 15) is 9.59 Å². The van der Waals surface area contributed by atoms with Crippen LogP contribution in [0.25, 0.3) is 0 Å². The fourth-order valence-corrected chi connectivity index (χ4v) is 1.20. The smallest absolute Gasteiger partial charge is 0.293 e. The Bertz CT molecular complexity index is 294. The van der Waals surface area contributed by atoms with Crippen LogP contribution in [0.4, 0.5) is 0 Å². The lowest BCUT2D eigenvalue weighted by Gasteiger charge is -2.13. The molecule has 2 atom stereocenters. The second-order valence-electron chi connectivity index (χ2n) is 4.78. The van der Waals surface area contributed by atoms with E-state index in [-0.39, 0.29) is 30.2 Å². The Morgan fingerprint density at radius 2 is 1.14 bits per heavy atom. The summed E-state index contributed by atoms with van der Waals surface area (Å²) in [5.74, 6) is 0. The van der Waals surface area contributed by atoms with E-state index in [4.69, 9.17) is 28.8 Å². The number of ether oxygens (including phenoxy) is 7. The second-order valence-corrected chi connectivity index (χ2v) is 4.78. The first-order valence-corrected chi connectivity index (χ1v) is 9.44. The summed E-state index contributed by atoms with van der Waals surface area (Å²) in [4.78, 5) is 18.4. The molecule has 29 heavy (non-hydrogen) atoms. The van der Waals surface area contributed by atoms with E-state index in [2.05, 4.69) is 9.47 Å². The molecule has 0 radical (unpaired) electrons. The van der Waals surface area contributed by atoms with Gasteiger partial charge in [-0.05, 0) is 27.7 Å². The lowest BCUT2D eigenvalue weighted by atomic mass is 10.4. The largest absolute Gasteiger partial charge is 0.468 e. The van der Waals surface area contributed by atoms with E-state index in [0.29, 0.717) is 52.6 Å². The van der Waals surface area contributed by atoms with Gasteiger partial charge in [-0.1, -0.05) is 0 Å². The molecular weight excluding hydrogens is 388 g/mol. The summed E-state index contributed by atoms with van der Waals surface area (Å²) in [6, 6.07) is 0. The lowest BCUT2D eigenvalue weighted by Crippen LogP contribution is -2.23. The molecule has 1 N–H and O–H groups in total. The quantitative estimate of drug-likeness (QED) is 0.376. The maximum Gasteiger partial charge on any atom is 0.293 e. The fraction of sp³-hybridized carbons (Fsp3) is 0.895. The normalized spacial score (nSPS) is 11.2. The number of rotatable bonds is 15. The predicted molar refractivity (Wildman–Crippen MR) is 126 cm³/mol. The number of methoxy groups -OCH3 is 3. The molecule has 0 aromatic carbocycles. The Hall–Kier alpha value is -1.30. The minimum atomic E-state index is -0.162. The van der Waals surface area contributed by atoms with Crippen molar-refractivity contribution in [2.24, 2.45) is 0 Å². The van der Waals surface area contributed by atoms with Crippen LogP contribution in [0.3, 0.4) is 0 Å². The number of carbonyl (C=O) groups excluding carboxylic acids is 2. The highest BCUT2D eigenvalue weighted by Gasteiger charge is 2.04. The van der Waals surface area contributed by atoms with Gasteiger partial charge in [0.25, 0.3) is 12.9 Å². The topological polar surface area (TPSA) is 119 Å². The van der Waals surface area contributed by atoms with Crippen LogP contribution in [0, 0.1) is 0 Å². The molecule has 0 aromatic rings. The summed E-state index contributed by atoms with van der Waals surface area (Å²) in [5, 5.41) is 8.55.